The van der Waals surface area contributed by atoms with E-state index in [2.05, 4.69) is 10.1 Å². The van der Waals surface area contributed by atoms with Gasteiger partial charge in [0.2, 0.25) is 5.91 Å². The molecular weight excluding hydrogens is 184 g/mol. The van der Waals surface area contributed by atoms with Crippen molar-refractivity contribution in [1.82, 2.24) is 5.32 Å². The molecule has 0 aromatic rings. The van der Waals surface area contributed by atoms with E-state index in [1.54, 1.807) is 0 Å². The number of rotatable bonds is 8. The van der Waals surface area contributed by atoms with Crippen molar-refractivity contribution >= 4 is 5.91 Å². The van der Waals surface area contributed by atoms with Crippen LogP contribution in [0.3, 0.4) is 0 Å². The molecular formula is C9H20N2O3. The van der Waals surface area contributed by atoms with Crippen LogP contribution in [0.4, 0.5) is 0 Å². The lowest BCUT2D eigenvalue weighted by Gasteiger charge is -2.13. The van der Waals surface area contributed by atoms with E-state index in [9.17, 15) is 4.79 Å². The van der Waals surface area contributed by atoms with E-state index in [1.807, 2.05) is 6.92 Å². The Kier molecular flexibility index (Phi) is 8.51. The topological polar surface area (TPSA) is 73.6 Å². The molecule has 1 atom stereocenters. The third kappa shape index (κ3) is 6.82. The van der Waals surface area contributed by atoms with E-state index in [-0.39, 0.29) is 18.6 Å². The summed E-state index contributed by atoms with van der Waals surface area (Å²) < 4.78 is 10.0. The number of nitrogens with one attached hydrogen (secondary N) is 1. The summed E-state index contributed by atoms with van der Waals surface area (Å²) in [5.74, 6) is -0.128. The standard InChI is InChI=1S/C9H20N2O3/c1-3-8(6-10)14-5-4-11-9(12)7-13-2/h8H,3-7,10H2,1-2H3,(H,11,12)/t8-/m0/s1. The summed E-state index contributed by atoms with van der Waals surface area (Å²) in [4.78, 5) is 10.9. The van der Waals surface area contributed by atoms with Gasteiger partial charge in [-0.05, 0) is 6.42 Å². The fourth-order valence-electron chi connectivity index (χ4n) is 0.951. The van der Waals surface area contributed by atoms with Crippen LogP contribution in [0.15, 0.2) is 0 Å². The Morgan fingerprint density at radius 3 is 2.79 bits per heavy atom. The molecule has 0 saturated carbocycles. The Balaban J connectivity index is 3.32. The number of methoxy groups -OCH3 is 1. The van der Waals surface area contributed by atoms with E-state index in [1.165, 1.54) is 7.11 Å². The molecule has 0 bridgehead atoms. The Hall–Kier alpha value is -0.650. The van der Waals surface area contributed by atoms with Gasteiger partial charge >= 0.3 is 0 Å². The van der Waals surface area contributed by atoms with Crippen molar-refractivity contribution in [2.75, 3.05) is 33.4 Å². The molecule has 0 aliphatic rings. The maximum atomic E-state index is 10.9. The number of hydrogen-bond donors (Lipinski definition) is 2. The molecule has 0 aliphatic carbocycles. The molecule has 5 heteroatoms. The number of amides is 1. The predicted molar refractivity (Wildman–Crippen MR) is 54.0 cm³/mol. The van der Waals surface area contributed by atoms with Gasteiger partial charge in [-0.2, -0.15) is 0 Å². The van der Waals surface area contributed by atoms with Gasteiger partial charge in [0, 0.05) is 20.2 Å². The first-order valence-corrected chi connectivity index (χ1v) is 4.81. The average molecular weight is 204 g/mol. The van der Waals surface area contributed by atoms with Crippen LogP contribution in [0.2, 0.25) is 0 Å². The van der Waals surface area contributed by atoms with Crippen LogP contribution in [-0.4, -0.2) is 45.4 Å². The molecule has 0 fully saturated rings. The fraction of sp³-hybridized carbons (Fsp3) is 0.889. The molecule has 0 rings (SSSR count). The largest absolute Gasteiger partial charge is 0.375 e. The lowest BCUT2D eigenvalue weighted by molar-refractivity contribution is -0.125. The molecule has 0 aromatic carbocycles. The van der Waals surface area contributed by atoms with Gasteiger partial charge in [-0.1, -0.05) is 6.92 Å². The minimum Gasteiger partial charge on any atom is -0.375 e. The normalized spacial score (nSPS) is 12.5. The third-order valence-electron chi connectivity index (χ3n) is 1.77. The molecule has 0 radical (unpaired) electrons. The molecule has 84 valence electrons. The van der Waals surface area contributed by atoms with Crippen LogP contribution in [-0.2, 0) is 14.3 Å². The average Bonchev–Trinajstić information content (AvgIpc) is 2.19. The van der Waals surface area contributed by atoms with Gasteiger partial charge < -0.3 is 20.5 Å². The SMILES string of the molecule is CC[C@@H](CN)OCCNC(=O)COC. The van der Waals surface area contributed by atoms with Crippen molar-refractivity contribution in [3.63, 3.8) is 0 Å². The highest BCUT2D eigenvalue weighted by Gasteiger charge is 2.03. The number of hydrogen-bond acceptors (Lipinski definition) is 4. The van der Waals surface area contributed by atoms with Crippen LogP contribution in [0.5, 0.6) is 0 Å². The van der Waals surface area contributed by atoms with Gasteiger partial charge in [0.1, 0.15) is 6.61 Å². The van der Waals surface area contributed by atoms with Gasteiger partial charge in [-0.25, -0.2) is 0 Å². The molecule has 1 amide bonds. The molecule has 3 N–H and O–H groups in total. The summed E-state index contributed by atoms with van der Waals surface area (Å²) in [6.07, 6.45) is 0.983. The zero-order valence-corrected chi connectivity index (χ0v) is 8.91. The highest BCUT2D eigenvalue weighted by Crippen LogP contribution is 1.93. The minimum absolute atomic E-state index is 0.0914. The van der Waals surface area contributed by atoms with E-state index in [0.29, 0.717) is 19.7 Å². The zero-order chi connectivity index (χ0) is 10.8. The summed E-state index contributed by atoms with van der Waals surface area (Å²) in [7, 11) is 1.48. The molecule has 0 unspecified atom stereocenters. The maximum Gasteiger partial charge on any atom is 0.246 e. The summed E-state index contributed by atoms with van der Waals surface area (Å²) in [5.41, 5.74) is 5.44. The Morgan fingerprint density at radius 2 is 2.29 bits per heavy atom. The number of carbonyl (C=O) groups is 1. The second-order valence-corrected chi connectivity index (χ2v) is 2.92. The number of nitrogens with two attached hydrogens (primary N) is 1. The van der Waals surface area contributed by atoms with Crippen LogP contribution in [0.25, 0.3) is 0 Å². The molecule has 5 nitrogen and oxygen atoms in total. The summed E-state index contributed by atoms with van der Waals surface area (Å²) in [6.45, 7) is 3.61. The second-order valence-electron chi connectivity index (χ2n) is 2.92. The Bertz CT molecular complexity index is 149. The van der Waals surface area contributed by atoms with Crippen molar-refractivity contribution < 1.29 is 14.3 Å². The highest BCUT2D eigenvalue weighted by atomic mass is 16.5. The van der Waals surface area contributed by atoms with Crippen molar-refractivity contribution in [3.05, 3.63) is 0 Å². The third-order valence-corrected chi connectivity index (χ3v) is 1.77. The first kappa shape index (κ1) is 13.4. The van der Waals surface area contributed by atoms with Crippen molar-refractivity contribution in [3.8, 4) is 0 Å². The zero-order valence-electron chi connectivity index (χ0n) is 8.91. The van der Waals surface area contributed by atoms with Crippen molar-refractivity contribution in [1.29, 1.82) is 0 Å². The smallest absolute Gasteiger partial charge is 0.246 e. The Labute approximate surface area is 84.9 Å². The summed E-state index contributed by atoms with van der Waals surface area (Å²) in [6, 6.07) is 0. The molecule has 0 spiro atoms. The Morgan fingerprint density at radius 1 is 1.57 bits per heavy atom. The summed E-state index contributed by atoms with van der Waals surface area (Å²) in [5, 5.41) is 2.66. The monoisotopic (exact) mass is 204 g/mol. The van der Waals surface area contributed by atoms with E-state index < -0.39 is 0 Å². The first-order valence-electron chi connectivity index (χ1n) is 4.81. The number of ether oxygens (including phenoxy) is 2. The van der Waals surface area contributed by atoms with Crippen LogP contribution in [0.1, 0.15) is 13.3 Å². The molecule has 0 aliphatic heterocycles. The first-order chi connectivity index (χ1) is 6.74. The van der Waals surface area contributed by atoms with E-state index in [4.69, 9.17) is 10.5 Å². The lowest BCUT2D eigenvalue weighted by Crippen LogP contribution is -2.32. The van der Waals surface area contributed by atoms with Crippen LogP contribution in [0, 0.1) is 0 Å². The van der Waals surface area contributed by atoms with Crippen molar-refractivity contribution in [2.24, 2.45) is 5.73 Å². The highest BCUT2D eigenvalue weighted by molar-refractivity contribution is 5.77. The molecule has 0 heterocycles. The van der Waals surface area contributed by atoms with Crippen LogP contribution < -0.4 is 11.1 Å². The maximum absolute atomic E-state index is 10.9. The van der Waals surface area contributed by atoms with Crippen molar-refractivity contribution in [2.45, 2.75) is 19.4 Å². The molecule has 0 saturated heterocycles. The second kappa shape index (κ2) is 8.93. The van der Waals surface area contributed by atoms with E-state index in [0.717, 1.165) is 6.42 Å². The summed E-state index contributed by atoms with van der Waals surface area (Å²) >= 11 is 0. The fourth-order valence-corrected chi connectivity index (χ4v) is 0.951. The molecule has 0 aromatic heterocycles. The van der Waals surface area contributed by atoms with Gasteiger partial charge in [0.05, 0.1) is 12.7 Å². The number of carbonyl (C=O) groups excluding carboxylic acids is 1. The quantitative estimate of drug-likeness (QED) is 0.523. The lowest BCUT2D eigenvalue weighted by atomic mass is 10.3. The predicted octanol–water partition coefficient (Wildman–Crippen LogP) is -0.497. The van der Waals surface area contributed by atoms with Gasteiger partial charge in [-0.15, -0.1) is 0 Å². The van der Waals surface area contributed by atoms with Gasteiger partial charge in [-0.3, -0.25) is 4.79 Å². The molecule has 14 heavy (non-hydrogen) atoms. The van der Waals surface area contributed by atoms with Gasteiger partial charge in [0.15, 0.2) is 0 Å². The minimum atomic E-state index is -0.128. The van der Waals surface area contributed by atoms with E-state index >= 15 is 0 Å². The van der Waals surface area contributed by atoms with Crippen LogP contribution >= 0.6 is 0 Å². The van der Waals surface area contributed by atoms with Gasteiger partial charge in [0.25, 0.3) is 0 Å².